The van der Waals surface area contributed by atoms with Crippen LogP contribution in [0.25, 0.3) is 0 Å². The van der Waals surface area contributed by atoms with Crippen LogP contribution in [-0.4, -0.2) is 24.0 Å². The molecular formula is C13H18BrFN2OS. The number of rotatable bonds is 7. The molecule has 0 unspecified atom stereocenters. The van der Waals surface area contributed by atoms with E-state index in [1.807, 2.05) is 13.2 Å². The van der Waals surface area contributed by atoms with Gasteiger partial charge in [-0.3, -0.25) is 10.1 Å². The van der Waals surface area contributed by atoms with Crippen molar-refractivity contribution in [3.8, 4) is 0 Å². The molecule has 0 fully saturated rings. The molecule has 19 heavy (non-hydrogen) atoms. The van der Waals surface area contributed by atoms with E-state index in [-0.39, 0.29) is 11.6 Å². The molecule has 6 heteroatoms. The highest BCUT2D eigenvalue weighted by Crippen LogP contribution is 2.22. The first-order valence-corrected chi connectivity index (χ1v) is 8.13. The van der Waals surface area contributed by atoms with Gasteiger partial charge in [0, 0.05) is 16.1 Å². The molecule has 0 spiro atoms. The zero-order chi connectivity index (χ0) is 14.4. The number of carbonyl (C=O) groups is 1. The second-order valence-electron chi connectivity index (χ2n) is 4.35. The summed E-state index contributed by atoms with van der Waals surface area (Å²) in [7, 11) is 0. The van der Waals surface area contributed by atoms with Crippen LogP contribution in [0.1, 0.15) is 24.9 Å². The summed E-state index contributed by atoms with van der Waals surface area (Å²) in [4.78, 5) is 11.5. The summed E-state index contributed by atoms with van der Waals surface area (Å²) in [5, 5.41) is 3.08. The maximum atomic E-state index is 13.9. The lowest BCUT2D eigenvalue weighted by atomic mass is 10.0. The van der Waals surface area contributed by atoms with Gasteiger partial charge in [-0.05, 0) is 37.5 Å². The zero-order valence-electron chi connectivity index (χ0n) is 11.0. The van der Waals surface area contributed by atoms with E-state index >= 15 is 0 Å². The van der Waals surface area contributed by atoms with Crippen molar-refractivity contribution in [1.82, 2.24) is 5.32 Å². The lowest BCUT2D eigenvalue weighted by Crippen LogP contribution is -2.39. The number of hydrogen-bond donors (Lipinski definition) is 2. The van der Waals surface area contributed by atoms with Crippen LogP contribution in [0, 0.1) is 5.82 Å². The molecule has 0 aliphatic carbocycles. The first kappa shape index (κ1) is 16.5. The number of thioether (sulfide) groups is 1. The molecule has 0 bridgehead atoms. The molecule has 0 heterocycles. The normalized spacial score (nSPS) is 14.1. The second-order valence-corrected chi connectivity index (χ2v) is 6.25. The van der Waals surface area contributed by atoms with Crippen molar-refractivity contribution in [3.63, 3.8) is 0 Å². The first-order chi connectivity index (χ1) is 8.95. The Kier molecular flexibility index (Phi) is 6.82. The van der Waals surface area contributed by atoms with Crippen LogP contribution < -0.4 is 11.1 Å². The quantitative estimate of drug-likeness (QED) is 0.796. The van der Waals surface area contributed by atoms with E-state index in [9.17, 15) is 9.18 Å². The lowest BCUT2D eigenvalue weighted by Gasteiger charge is -2.21. The summed E-state index contributed by atoms with van der Waals surface area (Å²) in [5.74, 6) is -0.0392. The minimum atomic E-state index is -0.801. The Balaban J connectivity index is 2.85. The monoisotopic (exact) mass is 348 g/mol. The van der Waals surface area contributed by atoms with Crippen LogP contribution in [-0.2, 0) is 4.79 Å². The van der Waals surface area contributed by atoms with Crippen molar-refractivity contribution in [2.45, 2.75) is 25.4 Å². The third-order valence-corrected chi connectivity index (χ3v) is 3.90. The Morgan fingerprint density at radius 2 is 2.26 bits per heavy atom. The van der Waals surface area contributed by atoms with Crippen molar-refractivity contribution < 1.29 is 9.18 Å². The molecule has 106 valence electrons. The van der Waals surface area contributed by atoms with Crippen molar-refractivity contribution in [1.29, 1.82) is 0 Å². The number of carbonyl (C=O) groups excluding carboxylic acids is 1. The van der Waals surface area contributed by atoms with Gasteiger partial charge in [-0.2, -0.15) is 11.8 Å². The molecule has 0 aliphatic rings. The van der Waals surface area contributed by atoms with Gasteiger partial charge >= 0.3 is 0 Å². The summed E-state index contributed by atoms with van der Waals surface area (Å²) in [6, 6.07) is 3.89. The number of halogens is 2. The molecule has 3 N–H and O–H groups in total. The van der Waals surface area contributed by atoms with E-state index < -0.39 is 17.8 Å². The molecule has 1 rings (SSSR count). The fourth-order valence-corrected chi connectivity index (χ4v) is 2.65. The highest BCUT2D eigenvalue weighted by atomic mass is 79.9. The van der Waals surface area contributed by atoms with Crippen molar-refractivity contribution in [3.05, 3.63) is 34.1 Å². The lowest BCUT2D eigenvalue weighted by molar-refractivity contribution is -0.120. The molecule has 1 aromatic rings. The van der Waals surface area contributed by atoms with Crippen LogP contribution in [0.15, 0.2) is 22.7 Å². The first-order valence-electron chi connectivity index (χ1n) is 5.95. The number of amides is 1. The highest BCUT2D eigenvalue weighted by molar-refractivity contribution is 9.10. The van der Waals surface area contributed by atoms with Gasteiger partial charge in [-0.15, -0.1) is 0 Å². The van der Waals surface area contributed by atoms with E-state index in [1.165, 1.54) is 6.07 Å². The zero-order valence-corrected chi connectivity index (χ0v) is 13.4. The van der Waals surface area contributed by atoms with Gasteiger partial charge in [-0.1, -0.05) is 22.0 Å². The molecule has 0 saturated carbocycles. The van der Waals surface area contributed by atoms with Crippen LogP contribution in [0.3, 0.4) is 0 Å². The molecular weight excluding hydrogens is 331 g/mol. The Morgan fingerprint density at radius 3 is 2.79 bits per heavy atom. The van der Waals surface area contributed by atoms with E-state index in [0.717, 1.165) is 12.2 Å². The third-order valence-electron chi connectivity index (χ3n) is 2.76. The summed E-state index contributed by atoms with van der Waals surface area (Å²) in [5.41, 5.74) is 5.65. The van der Waals surface area contributed by atoms with Crippen molar-refractivity contribution in [2.75, 3.05) is 12.0 Å². The number of hydrogen-bond acceptors (Lipinski definition) is 3. The molecule has 0 aromatic heterocycles. The van der Waals surface area contributed by atoms with Gasteiger partial charge in [0.05, 0.1) is 0 Å². The predicted octanol–water partition coefficient (Wildman–Crippen LogP) is 2.85. The van der Waals surface area contributed by atoms with Gasteiger partial charge < -0.3 is 5.73 Å². The number of benzene rings is 1. The molecule has 3 nitrogen and oxygen atoms in total. The molecule has 0 saturated heterocycles. The van der Waals surface area contributed by atoms with Crippen molar-refractivity contribution in [2.24, 2.45) is 5.73 Å². The molecule has 1 amide bonds. The Bertz CT molecular complexity index is 445. The van der Waals surface area contributed by atoms with Gasteiger partial charge in [0.2, 0.25) is 5.91 Å². The van der Waals surface area contributed by atoms with Gasteiger partial charge in [0.1, 0.15) is 11.9 Å². The maximum absolute atomic E-state index is 13.9. The van der Waals surface area contributed by atoms with Crippen LogP contribution >= 0.6 is 27.7 Å². The summed E-state index contributed by atoms with van der Waals surface area (Å²) >= 11 is 4.92. The molecule has 1 aromatic carbocycles. The fourth-order valence-electron chi connectivity index (χ4n) is 1.72. The predicted molar refractivity (Wildman–Crippen MR) is 81.6 cm³/mol. The van der Waals surface area contributed by atoms with Crippen LogP contribution in [0.4, 0.5) is 4.39 Å². The second kappa shape index (κ2) is 7.87. The Morgan fingerprint density at radius 1 is 1.58 bits per heavy atom. The highest BCUT2D eigenvalue weighted by Gasteiger charge is 2.22. The number of nitrogens with two attached hydrogens (primary N) is 1. The van der Waals surface area contributed by atoms with Crippen molar-refractivity contribution >= 4 is 33.6 Å². The van der Waals surface area contributed by atoms with E-state index in [0.29, 0.717) is 4.47 Å². The van der Waals surface area contributed by atoms with Gasteiger partial charge in [0.15, 0.2) is 0 Å². The summed E-state index contributed by atoms with van der Waals surface area (Å²) in [6.45, 7) is 1.96. The summed E-state index contributed by atoms with van der Waals surface area (Å²) < 4.78 is 14.5. The topological polar surface area (TPSA) is 55.1 Å². The van der Waals surface area contributed by atoms with Gasteiger partial charge in [-0.25, -0.2) is 4.39 Å². The molecule has 2 atom stereocenters. The third kappa shape index (κ3) is 5.12. The Hall–Kier alpha value is -0.590. The van der Waals surface area contributed by atoms with Crippen LogP contribution in [0.2, 0.25) is 0 Å². The van der Waals surface area contributed by atoms with E-state index in [4.69, 9.17) is 5.73 Å². The average Bonchev–Trinajstić information content (AvgIpc) is 2.34. The Labute approximate surface area is 125 Å². The molecule has 0 radical (unpaired) electrons. The molecule has 0 aliphatic heterocycles. The van der Waals surface area contributed by atoms with Gasteiger partial charge in [0.25, 0.3) is 0 Å². The summed E-state index contributed by atoms with van der Waals surface area (Å²) in [6.07, 6.45) is 2.91. The van der Waals surface area contributed by atoms with Crippen LogP contribution in [0.5, 0.6) is 0 Å². The fraction of sp³-hybridized carbons (Fsp3) is 0.462. The number of nitrogens with one attached hydrogen (secondary N) is 1. The largest absolute Gasteiger partial charge is 0.368 e. The van der Waals surface area contributed by atoms with E-state index in [1.54, 1.807) is 23.9 Å². The average molecular weight is 349 g/mol. The standard InChI is InChI=1S/C13H18BrFN2OS/c1-8(5-6-19-2)17-12(13(16)18)10-4-3-9(14)7-11(10)15/h3-4,7-8,12,17H,5-6H2,1-2H3,(H2,16,18)/t8-,12+/m0/s1. The maximum Gasteiger partial charge on any atom is 0.239 e. The SMILES string of the molecule is CSCC[C@H](C)N[C@@H](C(N)=O)c1ccc(Br)cc1F. The van der Waals surface area contributed by atoms with E-state index in [2.05, 4.69) is 21.2 Å². The number of primary amides is 1. The smallest absolute Gasteiger partial charge is 0.239 e. The minimum Gasteiger partial charge on any atom is -0.368 e. The minimum absolute atomic E-state index is 0.0907.